The van der Waals surface area contributed by atoms with Gasteiger partial charge in [-0.3, -0.25) is 0 Å². The molecule has 2 aromatic carbocycles. The molecular formula is C19H21FN2S. The smallest absolute Gasteiger partial charge is 0.178 e. The zero-order chi connectivity index (χ0) is 16.4. The summed E-state index contributed by atoms with van der Waals surface area (Å²) in [5.41, 5.74) is 4.31. The van der Waals surface area contributed by atoms with Crippen molar-refractivity contribution in [2.24, 2.45) is 0 Å². The molecule has 3 rings (SSSR count). The molecule has 0 amide bonds. The van der Waals surface area contributed by atoms with E-state index in [-0.39, 0.29) is 5.82 Å². The third-order valence-corrected chi connectivity index (χ3v) is 4.73. The Morgan fingerprint density at radius 1 is 1.30 bits per heavy atom. The molecule has 120 valence electrons. The Bertz CT molecular complexity index is 729. The number of anilines is 2. The maximum atomic E-state index is 13.5. The molecule has 1 atom stereocenters. The number of para-hydroxylation sites is 1. The highest BCUT2D eigenvalue weighted by Crippen LogP contribution is 2.32. The zero-order valence-electron chi connectivity index (χ0n) is 13.5. The molecule has 1 aliphatic rings. The molecule has 0 spiro atoms. The molecule has 23 heavy (non-hydrogen) atoms. The van der Waals surface area contributed by atoms with Gasteiger partial charge in [0.05, 0.1) is 0 Å². The molecule has 0 saturated carbocycles. The van der Waals surface area contributed by atoms with Gasteiger partial charge in [-0.15, -0.1) is 0 Å². The van der Waals surface area contributed by atoms with Crippen LogP contribution in [0.25, 0.3) is 0 Å². The van der Waals surface area contributed by atoms with Gasteiger partial charge in [0.1, 0.15) is 5.82 Å². The number of nitrogens with zero attached hydrogens (tertiary/aromatic N) is 1. The van der Waals surface area contributed by atoms with E-state index in [4.69, 9.17) is 12.2 Å². The summed E-state index contributed by atoms with van der Waals surface area (Å²) in [6.07, 6.45) is 2.80. The second-order valence-corrected chi connectivity index (χ2v) is 6.36. The summed E-state index contributed by atoms with van der Waals surface area (Å²) >= 11 is 5.67. The van der Waals surface area contributed by atoms with E-state index < -0.39 is 0 Å². The summed E-state index contributed by atoms with van der Waals surface area (Å²) in [5, 5.41) is 4.05. The van der Waals surface area contributed by atoms with E-state index in [1.165, 1.54) is 11.6 Å². The van der Waals surface area contributed by atoms with Crippen LogP contribution < -0.4 is 10.2 Å². The first-order valence-electron chi connectivity index (χ1n) is 8.06. The first-order valence-corrected chi connectivity index (χ1v) is 8.47. The Balaban J connectivity index is 1.90. The van der Waals surface area contributed by atoms with Gasteiger partial charge in [-0.25, -0.2) is 4.39 Å². The number of aryl methyl sites for hydroxylation is 2. The minimum absolute atomic E-state index is 0.187. The lowest BCUT2D eigenvalue weighted by molar-refractivity contribution is 0.604. The molecule has 0 saturated heterocycles. The fraction of sp³-hybridized carbons (Fsp3) is 0.316. The maximum absolute atomic E-state index is 13.5. The molecule has 2 nitrogen and oxygen atoms in total. The second kappa shape index (κ2) is 6.67. The Morgan fingerprint density at radius 2 is 2.09 bits per heavy atom. The normalized spacial score (nSPS) is 16.8. The van der Waals surface area contributed by atoms with E-state index in [1.54, 1.807) is 6.07 Å². The van der Waals surface area contributed by atoms with Crippen LogP contribution in [0, 0.1) is 5.82 Å². The Labute approximate surface area is 142 Å². The summed E-state index contributed by atoms with van der Waals surface area (Å²) in [7, 11) is 0. The van der Waals surface area contributed by atoms with Crippen molar-refractivity contribution in [2.45, 2.75) is 39.2 Å². The van der Waals surface area contributed by atoms with Crippen LogP contribution in [0.15, 0.2) is 42.5 Å². The fourth-order valence-electron chi connectivity index (χ4n) is 3.16. The van der Waals surface area contributed by atoms with Gasteiger partial charge in [0.25, 0.3) is 0 Å². The highest BCUT2D eigenvalue weighted by Gasteiger charge is 2.26. The molecule has 0 aliphatic carbocycles. The third kappa shape index (κ3) is 3.22. The Morgan fingerprint density at radius 3 is 2.87 bits per heavy atom. The number of halogens is 1. The van der Waals surface area contributed by atoms with Crippen molar-refractivity contribution < 1.29 is 4.39 Å². The van der Waals surface area contributed by atoms with E-state index >= 15 is 0 Å². The second-order valence-electron chi connectivity index (χ2n) is 5.97. The van der Waals surface area contributed by atoms with Gasteiger partial charge in [-0.2, -0.15) is 0 Å². The molecule has 1 aliphatic heterocycles. The molecule has 4 heteroatoms. The number of rotatable bonds is 2. The van der Waals surface area contributed by atoms with Crippen LogP contribution in [0.3, 0.4) is 0 Å². The minimum Gasteiger partial charge on any atom is -0.332 e. The quantitative estimate of drug-likeness (QED) is 0.787. The summed E-state index contributed by atoms with van der Waals surface area (Å²) in [4.78, 5) is 2.11. The van der Waals surface area contributed by atoms with Crippen molar-refractivity contribution in [2.75, 3.05) is 10.2 Å². The lowest BCUT2D eigenvalue weighted by atomic mass is 9.97. The van der Waals surface area contributed by atoms with Crippen molar-refractivity contribution in [3.05, 3.63) is 59.4 Å². The van der Waals surface area contributed by atoms with Crippen molar-refractivity contribution >= 4 is 28.7 Å². The number of hydrogen-bond acceptors (Lipinski definition) is 1. The SMILES string of the molecule is CCc1ccccc1NC(=S)N1c2ccc(F)cc2CC[C@@H]1C. The molecule has 1 N–H and O–H groups in total. The molecule has 0 radical (unpaired) electrons. The van der Waals surface area contributed by atoms with Crippen LogP contribution in [0.1, 0.15) is 31.4 Å². The number of nitrogens with one attached hydrogen (secondary N) is 1. The number of fused-ring (bicyclic) bond motifs is 1. The Kier molecular flexibility index (Phi) is 4.62. The fourth-order valence-corrected chi connectivity index (χ4v) is 3.54. The number of hydrogen-bond donors (Lipinski definition) is 1. The molecule has 0 aromatic heterocycles. The van der Waals surface area contributed by atoms with E-state index in [9.17, 15) is 4.39 Å². The van der Waals surface area contributed by atoms with Crippen LogP contribution in [-0.2, 0) is 12.8 Å². The lowest BCUT2D eigenvalue weighted by Crippen LogP contribution is -2.44. The summed E-state index contributed by atoms with van der Waals surface area (Å²) in [5.74, 6) is -0.187. The highest BCUT2D eigenvalue weighted by molar-refractivity contribution is 7.80. The molecular weight excluding hydrogens is 307 g/mol. The van der Waals surface area contributed by atoms with Gasteiger partial charge >= 0.3 is 0 Å². The maximum Gasteiger partial charge on any atom is 0.178 e. The summed E-state index contributed by atoms with van der Waals surface area (Å²) in [6, 6.07) is 13.5. The number of benzene rings is 2. The molecule has 1 heterocycles. The summed E-state index contributed by atoms with van der Waals surface area (Å²) < 4.78 is 13.5. The summed E-state index contributed by atoms with van der Waals surface area (Å²) in [6.45, 7) is 4.29. The average molecular weight is 328 g/mol. The van der Waals surface area contributed by atoms with E-state index in [2.05, 4.69) is 30.1 Å². The molecule has 0 fully saturated rings. The minimum atomic E-state index is -0.187. The largest absolute Gasteiger partial charge is 0.332 e. The average Bonchev–Trinajstić information content (AvgIpc) is 2.55. The first-order chi connectivity index (χ1) is 11.1. The highest BCUT2D eigenvalue weighted by atomic mass is 32.1. The number of thiocarbonyl (C=S) groups is 1. The Hall–Kier alpha value is -1.94. The van der Waals surface area contributed by atoms with E-state index in [0.717, 1.165) is 36.2 Å². The van der Waals surface area contributed by atoms with Crippen molar-refractivity contribution in [3.63, 3.8) is 0 Å². The van der Waals surface area contributed by atoms with Crippen molar-refractivity contribution in [1.82, 2.24) is 0 Å². The van der Waals surface area contributed by atoms with Crippen molar-refractivity contribution in [1.29, 1.82) is 0 Å². The van der Waals surface area contributed by atoms with Gasteiger partial charge < -0.3 is 10.2 Å². The van der Waals surface area contributed by atoms with Crippen molar-refractivity contribution in [3.8, 4) is 0 Å². The molecule has 2 aromatic rings. The van der Waals surface area contributed by atoms with Gasteiger partial charge in [-0.1, -0.05) is 25.1 Å². The van der Waals surface area contributed by atoms with Gasteiger partial charge in [0.15, 0.2) is 5.11 Å². The third-order valence-electron chi connectivity index (χ3n) is 4.43. The van der Waals surface area contributed by atoms with Crippen LogP contribution in [0.2, 0.25) is 0 Å². The zero-order valence-corrected chi connectivity index (χ0v) is 14.3. The molecule has 0 bridgehead atoms. The monoisotopic (exact) mass is 328 g/mol. The van der Waals surface area contributed by atoms with E-state index in [1.807, 2.05) is 24.3 Å². The van der Waals surface area contributed by atoms with Crippen LogP contribution in [-0.4, -0.2) is 11.2 Å². The van der Waals surface area contributed by atoms with Crippen LogP contribution in [0.4, 0.5) is 15.8 Å². The van der Waals surface area contributed by atoms with Crippen LogP contribution >= 0.6 is 12.2 Å². The van der Waals surface area contributed by atoms with E-state index in [0.29, 0.717) is 11.2 Å². The standard InChI is InChI=1S/C19H21FN2S/c1-3-14-6-4-5-7-17(14)21-19(23)22-13(2)8-9-15-12-16(20)10-11-18(15)22/h4-7,10-13H,3,8-9H2,1-2H3,(H,21,23)/t13-/m0/s1. The van der Waals surface area contributed by atoms with Gasteiger partial charge in [-0.05, 0) is 73.8 Å². The lowest BCUT2D eigenvalue weighted by Gasteiger charge is -2.37. The van der Waals surface area contributed by atoms with Gasteiger partial charge in [0.2, 0.25) is 0 Å². The predicted octanol–water partition coefficient (Wildman–Crippen LogP) is 4.93. The molecule has 0 unspecified atom stereocenters. The van der Waals surface area contributed by atoms with Gasteiger partial charge in [0, 0.05) is 17.4 Å². The topological polar surface area (TPSA) is 15.3 Å². The predicted molar refractivity (Wildman–Crippen MR) is 98.7 cm³/mol. The first kappa shape index (κ1) is 15.9. The van der Waals surface area contributed by atoms with Crippen LogP contribution in [0.5, 0.6) is 0 Å².